The van der Waals surface area contributed by atoms with E-state index in [1.807, 2.05) is 0 Å². The molecule has 6 rings (SSSR count). The van der Waals surface area contributed by atoms with E-state index in [0.29, 0.717) is 12.0 Å². The maximum atomic E-state index is 12.3. The summed E-state index contributed by atoms with van der Waals surface area (Å²) in [6.45, 7) is 9.40. The topological polar surface area (TPSA) is 126 Å². The van der Waals surface area contributed by atoms with Crippen LogP contribution in [0.25, 0.3) is 0 Å². The van der Waals surface area contributed by atoms with Gasteiger partial charge in [-0.05, 0) is 30.3 Å². The molecule has 8 nitrogen and oxygen atoms in total. The average molecular weight is 439 g/mol. The summed E-state index contributed by atoms with van der Waals surface area (Å²) in [7, 11) is 1.49. The standard InChI is InChI=1S/C23H34O8/c1-10-12-9-13(25)14-21-8-6-7-20(3,4)15(21)18(30-11(2)24)23(28,31-19(21)29-5)22(14,16(10)26)17(12)27/h12-19,25-28H,1,6-9H2,2-5H3/t12-,13+,14+,15-,16-,17-,18+,19+,21-,22+,23+/m1/s1. The van der Waals surface area contributed by atoms with E-state index in [0.717, 1.165) is 12.8 Å². The first-order valence-electron chi connectivity index (χ1n) is 11.2. The highest BCUT2D eigenvalue weighted by Crippen LogP contribution is 2.79. The van der Waals surface area contributed by atoms with Crippen LogP contribution in [0.5, 0.6) is 0 Å². The van der Waals surface area contributed by atoms with Crippen LogP contribution >= 0.6 is 0 Å². The van der Waals surface area contributed by atoms with Gasteiger partial charge in [0.2, 0.25) is 5.79 Å². The van der Waals surface area contributed by atoms with Crippen molar-refractivity contribution in [3.05, 3.63) is 12.2 Å². The number of fused-ring (bicyclic) bond motifs is 2. The SMILES string of the molecule is C=C1[C@H]2C[C@H](O)[C@H]3[C@]45CCCC(C)(C)[C@H]4[C@H](OC(C)=O)[C@](O)(O[C@@H]5OC)[C@@]3([C@@H]1O)[C@@H]2O. The Morgan fingerprint density at radius 1 is 1.19 bits per heavy atom. The van der Waals surface area contributed by atoms with Crippen LogP contribution in [0.15, 0.2) is 12.2 Å². The van der Waals surface area contributed by atoms with Crippen LogP contribution in [-0.4, -0.2) is 70.0 Å². The van der Waals surface area contributed by atoms with E-state index in [1.165, 1.54) is 14.0 Å². The molecule has 4 saturated carbocycles. The number of esters is 1. The highest BCUT2D eigenvalue weighted by Gasteiger charge is 2.89. The van der Waals surface area contributed by atoms with E-state index < -0.39 is 71.0 Å². The fourth-order valence-corrected chi connectivity index (χ4v) is 8.84. The van der Waals surface area contributed by atoms with Crippen molar-refractivity contribution in [2.45, 2.75) is 82.9 Å². The fourth-order valence-electron chi connectivity index (χ4n) is 8.84. The quantitative estimate of drug-likeness (QED) is 0.367. The zero-order chi connectivity index (χ0) is 22.7. The minimum absolute atomic E-state index is 0.239. The summed E-state index contributed by atoms with van der Waals surface area (Å²) in [6.07, 6.45) is -2.98. The van der Waals surface area contributed by atoms with E-state index in [4.69, 9.17) is 14.2 Å². The third-order valence-corrected chi connectivity index (χ3v) is 9.52. The predicted octanol–water partition coefficient (Wildman–Crippen LogP) is 0.711. The molecule has 6 aliphatic rings. The van der Waals surface area contributed by atoms with Gasteiger partial charge in [-0.2, -0.15) is 0 Å². The molecule has 0 aromatic carbocycles. The number of hydrogen-bond donors (Lipinski definition) is 4. The van der Waals surface area contributed by atoms with Crippen LogP contribution in [0, 0.1) is 34.0 Å². The normalized spacial score (nSPS) is 56.7. The number of carbonyl (C=O) groups is 1. The van der Waals surface area contributed by atoms with Crippen molar-refractivity contribution in [2.75, 3.05) is 7.11 Å². The van der Waals surface area contributed by atoms with Gasteiger partial charge >= 0.3 is 5.97 Å². The van der Waals surface area contributed by atoms with E-state index >= 15 is 0 Å². The van der Waals surface area contributed by atoms with Crippen LogP contribution < -0.4 is 0 Å². The molecule has 2 spiro atoms. The maximum Gasteiger partial charge on any atom is 0.303 e. The second-order valence-corrected chi connectivity index (χ2v) is 11.1. The van der Waals surface area contributed by atoms with Gasteiger partial charge in [-0.1, -0.05) is 26.8 Å². The predicted molar refractivity (Wildman–Crippen MR) is 107 cm³/mol. The Labute approximate surface area is 182 Å². The monoisotopic (exact) mass is 438 g/mol. The molecular weight excluding hydrogens is 404 g/mol. The number of methoxy groups -OCH3 is 1. The number of aliphatic hydroxyl groups is 4. The molecular formula is C23H34O8. The van der Waals surface area contributed by atoms with E-state index in [-0.39, 0.29) is 11.8 Å². The molecule has 2 aliphatic heterocycles. The van der Waals surface area contributed by atoms with Crippen molar-refractivity contribution in [3.63, 3.8) is 0 Å². The van der Waals surface area contributed by atoms with Gasteiger partial charge in [-0.3, -0.25) is 4.79 Å². The molecule has 0 amide bonds. The fraction of sp³-hybridized carbons (Fsp3) is 0.870. The molecule has 8 heteroatoms. The van der Waals surface area contributed by atoms with E-state index in [1.54, 1.807) is 0 Å². The maximum absolute atomic E-state index is 12.3. The van der Waals surface area contributed by atoms with Gasteiger partial charge in [-0.25, -0.2) is 0 Å². The van der Waals surface area contributed by atoms with E-state index in [2.05, 4.69) is 20.4 Å². The van der Waals surface area contributed by atoms with Gasteiger partial charge in [0, 0.05) is 37.2 Å². The molecule has 4 bridgehead atoms. The largest absolute Gasteiger partial charge is 0.456 e. The zero-order valence-corrected chi connectivity index (χ0v) is 18.6. The Bertz CT molecular complexity index is 826. The van der Waals surface area contributed by atoms with Crippen LogP contribution in [0.3, 0.4) is 0 Å². The molecule has 11 atom stereocenters. The Hall–Kier alpha value is -1.03. The first-order valence-corrected chi connectivity index (χ1v) is 11.2. The van der Waals surface area contributed by atoms with Gasteiger partial charge in [0.15, 0.2) is 12.4 Å². The van der Waals surface area contributed by atoms with Crippen LogP contribution in [0.1, 0.15) is 46.5 Å². The van der Waals surface area contributed by atoms with Crippen molar-refractivity contribution in [1.82, 2.24) is 0 Å². The third kappa shape index (κ3) is 2.15. The van der Waals surface area contributed by atoms with Crippen molar-refractivity contribution in [1.29, 1.82) is 0 Å². The lowest BCUT2D eigenvalue weighted by Crippen LogP contribution is -2.88. The van der Waals surface area contributed by atoms with Gasteiger partial charge in [0.25, 0.3) is 0 Å². The molecule has 4 N–H and O–H groups in total. The lowest BCUT2D eigenvalue weighted by Gasteiger charge is -2.77. The minimum Gasteiger partial charge on any atom is -0.456 e. The number of carbonyl (C=O) groups excluding carboxylic acids is 1. The summed E-state index contributed by atoms with van der Waals surface area (Å²) in [6, 6.07) is 0. The smallest absolute Gasteiger partial charge is 0.303 e. The first-order chi connectivity index (χ1) is 14.4. The van der Waals surface area contributed by atoms with Crippen molar-refractivity contribution in [3.8, 4) is 0 Å². The molecule has 4 aliphatic carbocycles. The summed E-state index contributed by atoms with van der Waals surface area (Å²) in [5.74, 6) is -4.56. The molecule has 2 saturated heterocycles. The molecule has 174 valence electrons. The van der Waals surface area contributed by atoms with Crippen molar-refractivity contribution >= 4 is 5.97 Å². The average Bonchev–Trinajstić information content (AvgIpc) is 2.79. The highest BCUT2D eigenvalue weighted by molar-refractivity contribution is 5.66. The van der Waals surface area contributed by atoms with Crippen molar-refractivity contribution in [2.24, 2.45) is 34.0 Å². The second-order valence-electron chi connectivity index (χ2n) is 11.1. The summed E-state index contributed by atoms with van der Waals surface area (Å²) >= 11 is 0. The highest BCUT2D eigenvalue weighted by atomic mass is 16.8. The molecule has 0 aromatic rings. The molecule has 0 unspecified atom stereocenters. The number of ether oxygens (including phenoxy) is 3. The van der Waals surface area contributed by atoms with Crippen molar-refractivity contribution < 1.29 is 39.4 Å². The summed E-state index contributed by atoms with van der Waals surface area (Å²) < 4.78 is 17.8. The Morgan fingerprint density at radius 2 is 1.87 bits per heavy atom. The number of rotatable bonds is 2. The number of aliphatic hydroxyl groups excluding tert-OH is 3. The van der Waals surface area contributed by atoms with Gasteiger partial charge in [0.05, 0.1) is 23.7 Å². The van der Waals surface area contributed by atoms with Gasteiger partial charge in [-0.15, -0.1) is 0 Å². The van der Waals surface area contributed by atoms with Crippen LogP contribution in [0.2, 0.25) is 0 Å². The molecule has 2 heterocycles. The Balaban J connectivity index is 1.85. The lowest BCUT2D eigenvalue weighted by molar-refractivity contribution is -0.521. The molecule has 31 heavy (non-hydrogen) atoms. The molecule has 0 radical (unpaired) electrons. The molecule has 6 fully saturated rings. The summed E-state index contributed by atoms with van der Waals surface area (Å²) in [4.78, 5) is 12.2. The van der Waals surface area contributed by atoms with E-state index in [9.17, 15) is 25.2 Å². The second kappa shape index (κ2) is 6.30. The summed E-state index contributed by atoms with van der Waals surface area (Å²) in [5.41, 5.74) is -2.56. The summed E-state index contributed by atoms with van der Waals surface area (Å²) in [5, 5.41) is 46.7. The third-order valence-electron chi connectivity index (χ3n) is 9.52. The molecule has 0 aromatic heterocycles. The minimum atomic E-state index is -2.26. The van der Waals surface area contributed by atoms with Gasteiger partial charge < -0.3 is 34.6 Å². The number of hydrogen-bond acceptors (Lipinski definition) is 8. The zero-order valence-electron chi connectivity index (χ0n) is 18.6. The first kappa shape index (κ1) is 21.8. The van der Waals surface area contributed by atoms with Gasteiger partial charge in [0.1, 0.15) is 0 Å². The Morgan fingerprint density at radius 3 is 2.48 bits per heavy atom. The Kier molecular flexibility index (Phi) is 4.43. The van der Waals surface area contributed by atoms with Crippen LogP contribution in [0.4, 0.5) is 0 Å². The van der Waals surface area contributed by atoms with Crippen LogP contribution in [-0.2, 0) is 19.0 Å². The lowest BCUT2D eigenvalue weighted by atomic mass is 9.35.